The van der Waals surface area contributed by atoms with Gasteiger partial charge in [0.1, 0.15) is 18.1 Å². The van der Waals surface area contributed by atoms with Crippen molar-refractivity contribution in [2.45, 2.75) is 51.5 Å². The number of aldehydes is 1. The van der Waals surface area contributed by atoms with Crippen LogP contribution in [0.3, 0.4) is 0 Å². The van der Waals surface area contributed by atoms with Crippen LogP contribution in [0.25, 0.3) is 0 Å². The number of aliphatic hydroxyl groups is 1. The van der Waals surface area contributed by atoms with Crippen LogP contribution < -0.4 is 0 Å². The first-order valence-electron chi connectivity index (χ1n) is 5.00. The molecule has 0 aromatic carbocycles. The van der Waals surface area contributed by atoms with Gasteiger partial charge in [-0.3, -0.25) is 4.90 Å². The van der Waals surface area contributed by atoms with Crippen molar-refractivity contribution in [1.29, 1.82) is 0 Å². The van der Waals surface area contributed by atoms with Crippen LogP contribution in [0.4, 0.5) is 4.79 Å². The molecule has 86 valence electrons. The lowest BCUT2D eigenvalue weighted by Gasteiger charge is -2.28. The van der Waals surface area contributed by atoms with E-state index >= 15 is 0 Å². The van der Waals surface area contributed by atoms with E-state index in [4.69, 9.17) is 4.74 Å². The van der Waals surface area contributed by atoms with Crippen molar-refractivity contribution in [3.05, 3.63) is 0 Å². The summed E-state index contributed by atoms with van der Waals surface area (Å²) in [5.41, 5.74) is -0.618. The molecule has 0 spiro atoms. The van der Waals surface area contributed by atoms with Gasteiger partial charge in [-0.05, 0) is 33.6 Å². The third kappa shape index (κ3) is 2.92. The van der Waals surface area contributed by atoms with Crippen LogP contribution >= 0.6 is 0 Å². The molecule has 1 rings (SSSR count). The van der Waals surface area contributed by atoms with Gasteiger partial charge in [0.05, 0.1) is 6.04 Å². The molecule has 0 aromatic heterocycles. The van der Waals surface area contributed by atoms with Gasteiger partial charge in [0.25, 0.3) is 0 Å². The second-order valence-corrected chi connectivity index (χ2v) is 4.65. The third-order valence-electron chi connectivity index (χ3n) is 2.16. The van der Waals surface area contributed by atoms with Crippen molar-refractivity contribution in [2.75, 3.05) is 0 Å². The lowest BCUT2D eigenvalue weighted by molar-refractivity contribution is -0.113. The molecule has 2 atom stereocenters. The standard InChI is InChI=1S/C10H17NO4/c1-10(2,3)15-9(14)11-7(6-12)4-5-8(11)13/h6-8,13H,4-5H2,1-3H3. The summed E-state index contributed by atoms with van der Waals surface area (Å²) in [6.07, 6.45) is 0.0341. The summed E-state index contributed by atoms with van der Waals surface area (Å²) in [5, 5.41) is 9.52. The molecule has 1 heterocycles. The van der Waals surface area contributed by atoms with Crippen LogP contribution in [0.5, 0.6) is 0 Å². The highest BCUT2D eigenvalue weighted by molar-refractivity contribution is 5.74. The fourth-order valence-electron chi connectivity index (χ4n) is 1.52. The molecule has 1 saturated heterocycles. The number of amides is 1. The van der Waals surface area contributed by atoms with Crippen molar-refractivity contribution < 1.29 is 19.4 Å². The molecule has 1 aliphatic rings. The van der Waals surface area contributed by atoms with E-state index in [2.05, 4.69) is 0 Å². The molecular formula is C10H17NO4. The summed E-state index contributed by atoms with van der Waals surface area (Å²) in [5.74, 6) is 0. The SMILES string of the molecule is CC(C)(C)OC(=O)N1C(O)CCC1C=O. The number of aliphatic hydroxyl groups excluding tert-OH is 1. The second-order valence-electron chi connectivity index (χ2n) is 4.65. The Kier molecular flexibility index (Phi) is 3.34. The Morgan fingerprint density at radius 3 is 2.53 bits per heavy atom. The Morgan fingerprint density at radius 1 is 1.47 bits per heavy atom. The molecule has 1 amide bonds. The Bertz CT molecular complexity index is 259. The predicted octanol–water partition coefficient (Wildman–Crippen LogP) is 0.903. The number of nitrogens with zero attached hydrogens (tertiary/aromatic N) is 1. The van der Waals surface area contributed by atoms with E-state index in [1.54, 1.807) is 20.8 Å². The van der Waals surface area contributed by atoms with Gasteiger partial charge in [-0.1, -0.05) is 0 Å². The summed E-state index contributed by atoms with van der Waals surface area (Å²) in [6, 6.07) is -0.560. The minimum absolute atomic E-state index is 0.419. The van der Waals surface area contributed by atoms with E-state index in [9.17, 15) is 14.7 Å². The van der Waals surface area contributed by atoms with Gasteiger partial charge in [0, 0.05) is 0 Å². The number of rotatable bonds is 1. The van der Waals surface area contributed by atoms with E-state index < -0.39 is 24.0 Å². The van der Waals surface area contributed by atoms with Gasteiger partial charge >= 0.3 is 6.09 Å². The van der Waals surface area contributed by atoms with Crippen LogP contribution in [0.15, 0.2) is 0 Å². The Balaban J connectivity index is 2.68. The molecule has 0 bridgehead atoms. The maximum atomic E-state index is 11.6. The average Bonchev–Trinajstić information content (AvgIpc) is 2.43. The zero-order valence-electron chi connectivity index (χ0n) is 9.27. The Hall–Kier alpha value is -1.10. The smallest absolute Gasteiger partial charge is 0.412 e. The lowest BCUT2D eigenvalue weighted by Crippen LogP contribution is -2.44. The Morgan fingerprint density at radius 2 is 2.07 bits per heavy atom. The van der Waals surface area contributed by atoms with Gasteiger partial charge in [0.15, 0.2) is 0 Å². The molecule has 0 radical (unpaired) electrons. The van der Waals surface area contributed by atoms with E-state index in [0.29, 0.717) is 19.1 Å². The largest absolute Gasteiger partial charge is 0.444 e. The van der Waals surface area contributed by atoms with Gasteiger partial charge in [0.2, 0.25) is 0 Å². The van der Waals surface area contributed by atoms with Gasteiger partial charge < -0.3 is 14.6 Å². The lowest BCUT2D eigenvalue weighted by atomic mass is 10.2. The van der Waals surface area contributed by atoms with Crippen molar-refractivity contribution in [3.8, 4) is 0 Å². The number of carbonyl (C=O) groups is 2. The number of hydrogen-bond donors (Lipinski definition) is 1. The number of ether oxygens (including phenoxy) is 1. The Labute approximate surface area is 89.0 Å². The summed E-state index contributed by atoms with van der Waals surface area (Å²) < 4.78 is 5.09. The maximum absolute atomic E-state index is 11.6. The summed E-state index contributed by atoms with van der Waals surface area (Å²) in [6.45, 7) is 5.22. The van der Waals surface area contributed by atoms with Gasteiger partial charge in [-0.15, -0.1) is 0 Å². The zero-order chi connectivity index (χ0) is 11.6. The zero-order valence-corrected chi connectivity index (χ0v) is 9.27. The number of carbonyl (C=O) groups excluding carboxylic acids is 2. The molecule has 0 saturated carbocycles. The summed E-state index contributed by atoms with van der Waals surface area (Å²) >= 11 is 0. The quantitative estimate of drug-likeness (QED) is 0.660. The van der Waals surface area contributed by atoms with E-state index in [1.165, 1.54) is 0 Å². The van der Waals surface area contributed by atoms with Crippen molar-refractivity contribution in [2.24, 2.45) is 0 Å². The second kappa shape index (κ2) is 4.18. The number of hydrogen-bond acceptors (Lipinski definition) is 4. The predicted molar refractivity (Wildman–Crippen MR) is 53.2 cm³/mol. The van der Waals surface area contributed by atoms with Crippen LogP contribution in [0.2, 0.25) is 0 Å². The molecule has 1 fully saturated rings. The fourth-order valence-corrected chi connectivity index (χ4v) is 1.52. The van der Waals surface area contributed by atoms with Gasteiger partial charge in [-0.25, -0.2) is 4.79 Å². The molecule has 1 N–H and O–H groups in total. The highest BCUT2D eigenvalue weighted by atomic mass is 16.6. The van der Waals surface area contributed by atoms with Crippen molar-refractivity contribution in [3.63, 3.8) is 0 Å². The van der Waals surface area contributed by atoms with Crippen molar-refractivity contribution in [1.82, 2.24) is 4.90 Å². The summed E-state index contributed by atoms with van der Waals surface area (Å²) in [4.78, 5) is 23.4. The molecule has 5 heteroatoms. The topological polar surface area (TPSA) is 66.8 Å². The highest BCUT2D eigenvalue weighted by Gasteiger charge is 2.38. The van der Waals surface area contributed by atoms with Crippen molar-refractivity contribution >= 4 is 12.4 Å². The minimum Gasteiger partial charge on any atom is -0.444 e. The first-order chi connectivity index (χ1) is 6.85. The average molecular weight is 215 g/mol. The molecule has 0 aromatic rings. The first-order valence-corrected chi connectivity index (χ1v) is 5.00. The molecule has 5 nitrogen and oxygen atoms in total. The van der Waals surface area contributed by atoms with E-state index in [0.717, 1.165) is 4.90 Å². The maximum Gasteiger partial charge on any atom is 0.412 e. The normalized spacial score (nSPS) is 26.5. The molecule has 1 aliphatic heterocycles. The minimum atomic E-state index is -0.907. The van der Waals surface area contributed by atoms with Crippen LogP contribution in [-0.2, 0) is 9.53 Å². The fraction of sp³-hybridized carbons (Fsp3) is 0.800. The summed E-state index contributed by atoms with van der Waals surface area (Å²) in [7, 11) is 0. The number of likely N-dealkylation sites (tertiary alicyclic amines) is 1. The molecule has 15 heavy (non-hydrogen) atoms. The first kappa shape index (κ1) is 12.0. The van der Waals surface area contributed by atoms with Crippen LogP contribution in [0.1, 0.15) is 33.6 Å². The molecule has 0 aliphatic carbocycles. The molecular weight excluding hydrogens is 198 g/mol. The van der Waals surface area contributed by atoms with E-state index in [1.807, 2.05) is 0 Å². The third-order valence-corrected chi connectivity index (χ3v) is 2.16. The molecule has 2 unspecified atom stereocenters. The highest BCUT2D eigenvalue weighted by Crippen LogP contribution is 2.23. The van der Waals surface area contributed by atoms with Crippen LogP contribution in [-0.4, -0.2) is 40.3 Å². The monoisotopic (exact) mass is 215 g/mol. The van der Waals surface area contributed by atoms with E-state index in [-0.39, 0.29) is 0 Å². The van der Waals surface area contributed by atoms with Crippen LogP contribution in [0, 0.1) is 0 Å². The van der Waals surface area contributed by atoms with Gasteiger partial charge in [-0.2, -0.15) is 0 Å².